The van der Waals surface area contributed by atoms with Gasteiger partial charge in [0.1, 0.15) is 11.6 Å². The number of benzene rings is 1. The standard InChI is InChI=1S/C16H24F2N2/c1-12(15-13(17)7-6-8-14(15)18)19-11-16(20(2)3)9-4-5-10-16/h6-8,12,19H,4-5,9-11H2,1-3H3. The second kappa shape index (κ2) is 6.19. The third-order valence-corrected chi connectivity index (χ3v) is 4.65. The zero-order chi connectivity index (χ0) is 14.8. The molecule has 112 valence electrons. The summed E-state index contributed by atoms with van der Waals surface area (Å²) in [6, 6.07) is 3.70. The Morgan fingerprint density at radius 2 is 1.75 bits per heavy atom. The van der Waals surface area contributed by atoms with Gasteiger partial charge in [-0.2, -0.15) is 0 Å². The van der Waals surface area contributed by atoms with Crippen molar-refractivity contribution < 1.29 is 8.78 Å². The molecule has 1 aliphatic rings. The van der Waals surface area contributed by atoms with Crippen molar-refractivity contribution in [1.82, 2.24) is 10.2 Å². The van der Waals surface area contributed by atoms with E-state index >= 15 is 0 Å². The summed E-state index contributed by atoms with van der Waals surface area (Å²) in [4.78, 5) is 2.25. The fourth-order valence-electron chi connectivity index (χ4n) is 3.18. The van der Waals surface area contributed by atoms with E-state index in [2.05, 4.69) is 24.3 Å². The van der Waals surface area contributed by atoms with Gasteiger partial charge >= 0.3 is 0 Å². The van der Waals surface area contributed by atoms with Gasteiger partial charge in [-0.05, 0) is 46.0 Å². The lowest BCUT2D eigenvalue weighted by Crippen LogP contribution is -2.50. The van der Waals surface area contributed by atoms with E-state index in [9.17, 15) is 8.78 Å². The molecule has 1 fully saturated rings. The Hall–Kier alpha value is -1.00. The van der Waals surface area contributed by atoms with E-state index in [0.717, 1.165) is 19.4 Å². The molecule has 1 atom stereocenters. The molecule has 0 radical (unpaired) electrons. The van der Waals surface area contributed by atoms with Crippen LogP contribution in [0.1, 0.15) is 44.2 Å². The zero-order valence-electron chi connectivity index (χ0n) is 12.5. The highest BCUT2D eigenvalue weighted by Gasteiger charge is 2.36. The summed E-state index contributed by atoms with van der Waals surface area (Å²) in [5.41, 5.74) is 0.259. The molecule has 0 spiro atoms. The van der Waals surface area contributed by atoms with Crippen molar-refractivity contribution in [3.05, 3.63) is 35.4 Å². The third kappa shape index (κ3) is 3.01. The fraction of sp³-hybridized carbons (Fsp3) is 0.625. The van der Waals surface area contributed by atoms with Crippen LogP contribution in [0.3, 0.4) is 0 Å². The summed E-state index contributed by atoms with van der Waals surface area (Å²) in [5, 5.41) is 3.32. The van der Waals surface area contributed by atoms with Gasteiger partial charge in [-0.25, -0.2) is 8.78 Å². The predicted octanol–water partition coefficient (Wildman–Crippen LogP) is 3.49. The molecule has 0 heterocycles. The predicted molar refractivity (Wildman–Crippen MR) is 77.7 cm³/mol. The summed E-state index contributed by atoms with van der Waals surface area (Å²) in [7, 11) is 4.17. The van der Waals surface area contributed by atoms with Gasteiger partial charge in [0.05, 0.1) is 0 Å². The second-order valence-electron chi connectivity index (χ2n) is 6.06. The van der Waals surface area contributed by atoms with Crippen molar-refractivity contribution in [2.24, 2.45) is 0 Å². The minimum Gasteiger partial charge on any atom is -0.308 e. The van der Waals surface area contributed by atoms with Crippen LogP contribution in [0.5, 0.6) is 0 Å². The molecule has 0 saturated heterocycles. The number of nitrogens with zero attached hydrogens (tertiary/aromatic N) is 1. The quantitative estimate of drug-likeness (QED) is 0.889. The topological polar surface area (TPSA) is 15.3 Å². The Balaban J connectivity index is 2.06. The van der Waals surface area contributed by atoms with Crippen molar-refractivity contribution in [3.8, 4) is 0 Å². The first-order chi connectivity index (χ1) is 9.46. The van der Waals surface area contributed by atoms with E-state index in [1.807, 2.05) is 6.92 Å². The Morgan fingerprint density at radius 1 is 1.20 bits per heavy atom. The highest BCUT2D eigenvalue weighted by Crippen LogP contribution is 2.34. The van der Waals surface area contributed by atoms with Crippen molar-refractivity contribution in [3.63, 3.8) is 0 Å². The Kier molecular flexibility index (Phi) is 4.76. The monoisotopic (exact) mass is 282 g/mol. The minimum atomic E-state index is -0.477. The molecule has 1 saturated carbocycles. The van der Waals surface area contributed by atoms with Gasteiger partial charge in [-0.3, -0.25) is 0 Å². The first-order valence-corrected chi connectivity index (χ1v) is 7.31. The molecule has 1 N–H and O–H groups in total. The maximum absolute atomic E-state index is 13.8. The van der Waals surface area contributed by atoms with Crippen molar-refractivity contribution in [2.75, 3.05) is 20.6 Å². The number of nitrogens with one attached hydrogen (secondary N) is 1. The Bertz CT molecular complexity index is 434. The minimum absolute atomic E-state index is 0.121. The van der Waals surface area contributed by atoms with Gasteiger partial charge in [-0.1, -0.05) is 18.9 Å². The molecule has 1 aliphatic carbocycles. The molecule has 20 heavy (non-hydrogen) atoms. The Morgan fingerprint density at radius 3 is 2.25 bits per heavy atom. The van der Waals surface area contributed by atoms with Crippen LogP contribution >= 0.6 is 0 Å². The lowest BCUT2D eigenvalue weighted by atomic mass is 9.95. The van der Waals surface area contributed by atoms with Crippen LogP contribution in [0.4, 0.5) is 8.78 Å². The van der Waals surface area contributed by atoms with Crippen molar-refractivity contribution in [2.45, 2.75) is 44.2 Å². The first kappa shape index (κ1) is 15.4. The Labute approximate surface area is 120 Å². The van der Waals surface area contributed by atoms with Crippen LogP contribution in [0.2, 0.25) is 0 Å². The smallest absolute Gasteiger partial charge is 0.130 e. The zero-order valence-corrected chi connectivity index (χ0v) is 12.5. The average Bonchev–Trinajstić information content (AvgIpc) is 2.86. The third-order valence-electron chi connectivity index (χ3n) is 4.65. The maximum atomic E-state index is 13.8. The molecule has 2 rings (SSSR count). The van der Waals surface area contributed by atoms with Crippen LogP contribution in [0.15, 0.2) is 18.2 Å². The largest absolute Gasteiger partial charge is 0.308 e. The summed E-state index contributed by atoms with van der Waals surface area (Å²) in [5.74, 6) is -0.953. The van der Waals surface area contributed by atoms with Crippen LogP contribution in [-0.2, 0) is 0 Å². The first-order valence-electron chi connectivity index (χ1n) is 7.31. The molecule has 1 aromatic carbocycles. The van der Waals surface area contributed by atoms with Gasteiger partial charge < -0.3 is 10.2 Å². The van der Waals surface area contributed by atoms with E-state index in [1.54, 1.807) is 0 Å². The number of hydrogen-bond donors (Lipinski definition) is 1. The highest BCUT2D eigenvalue weighted by atomic mass is 19.1. The highest BCUT2D eigenvalue weighted by molar-refractivity contribution is 5.22. The summed E-state index contributed by atoms with van der Waals surface area (Å²) < 4.78 is 27.5. The van der Waals surface area contributed by atoms with Crippen LogP contribution in [-0.4, -0.2) is 31.1 Å². The van der Waals surface area contributed by atoms with Gasteiger partial charge in [0.15, 0.2) is 0 Å². The molecule has 1 aromatic rings. The number of hydrogen-bond acceptors (Lipinski definition) is 2. The number of likely N-dealkylation sites (N-methyl/N-ethyl adjacent to an activating group) is 1. The number of rotatable bonds is 5. The summed E-state index contributed by atoms with van der Waals surface area (Å²) in [6.07, 6.45) is 4.73. The molecular formula is C16H24F2N2. The van der Waals surface area contributed by atoms with Gasteiger partial charge in [0.2, 0.25) is 0 Å². The van der Waals surface area contributed by atoms with Crippen molar-refractivity contribution in [1.29, 1.82) is 0 Å². The van der Waals surface area contributed by atoms with Gasteiger partial charge in [-0.15, -0.1) is 0 Å². The maximum Gasteiger partial charge on any atom is 0.130 e. The van der Waals surface area contributed by atoms with E-state index in [4.69, 9.17) is 0 Å². The van der Waals surface area contributed by atoms with Crippen LogP contribution < -0.4 is 5.32 Å². The van der Waals surface area contributed by atoms with Crippen LogP contribution in [0.25, 0.3) is 0 Å². The average molecular weight is 282 g/mol. The summed E-state index contributed by atoms with van der Waals surface area (Å²) in [6.45, 7) is 2.58. The molecule has 0 aliphatic heterocycles. The molecule has 0 amide bonds. The summed E-state index contributed by atoms with van der Waals surface area (Å²) >= 11 is 0. The molecule has 0 aromatic heterocycles. The van der Waals surface area contributed by atoms with E-state index in [0.29, 0.717) is 0 Å². The lowest BCUT2D eigenvalue weighted by molar-refractivity contribution is 0.149. The molecule has 1 unspecified atom stereocenters. The SMILES string of the molecule is CC(NCC1(N(C)C)CCCC1)c1c(F)cccc1F. The normalized spacial score (nSPS) is 19.5. The van der Waals surface area contributed by atoms with Crippen molar-refractivity contribution >= 4 is 0 Å². The van der Waals surface area contributed by atoms with Gasteiger partial charge in [0, 0.05) is 23.7 Å². The molecule has 2 nitrogen and oxygen atoms in total. The fourth-order valence-corrected chi connectivity index (χ4v) is 3.18. The van der Waals surface area contributed by atoms with E-state index < -0.39 is 11.6 Å². The van der Waals surface area contributed by atoms with Crippen LogP contribution in [0, 0.1) is 11.6 Å². The molecule has 4 heteroatoms. The van der Waals surface area contributed by atoms with E-state index in [1.165, 1.54) is 31.0 Å². The van der Waals surface area contributed by atoms with Gasteiger partial charge in [0.25, 0.3) is 0 Å². The number of halogens is 2. The second-order valence-corrected chi connectivity index (χ2v) is 6.06. The molecule has 0 bridgehead atoms. The lowest BCUT2D eigenvalue weighted by Gasteiger charge is -2.37. The molecular weight excluding hydrogens is 258 g/mol. The van der Waals surface area contributed by atoms with E-state index in [-0.39, 0.29) is 17.1 Å².